The van der Waals surface area contributed by atoms with Crippen molar-refractivity contribution in [2.24, 2.45) is 0 Å². The van der Waals surface area contributed by atoms with Gasteiger partial charge in [-0.05, 0) is 208 Å². The predicted molar refractivity (Wildman–Crippen MR) is 545 cm³/mol. The Morgan fingerprint density at radius 2 is 0.462 bits per heavy atom. The van der Waals surface area contributed by atoms with E-state index in [-0.39, 0.29) is 0 Å². The molecule has 12 heteroatoms. The largest absolute Gasteiger partial charge is 0.309 e. The molecule has 132 heavy (non-hydrogen) atoms. The van der Waals surface area contributed by atoms with Crippen LogP contribution in [0.15, 0.2) is 474 Å². The maximum Gasteiger partial charge on any atom is 0.238 e. The predicted octanol–water partition coefficient (Wildman–Crippen LogP) is 30.0. The van der Waals surface area contributed by atoms with Crippen LogP contribution in [-0.2, 0) is 0 Å². The lowest BCUT2D eigenvalue weighted by molar-refractivity contribution is 0.953. The van der Waals surface area contributed by atoms with Gasteiger partial charge in [-0.25, -0.2) is 9.97 Å². The number of para-hydroxylation sites is 8. The minimum atomic E-state index is 0.578. The number of hydrogen-bond acceptors (Lipinski definition) is 6. The summed E-state index contributed by atoms with van der Waals surface area (Å²) in [7, 11) is 0. The van der Waals surface area contributed by atoms with Crippen molar-refractivity contribution in [1.29, 1.82) is 0 Å². The summed E-state index contributed by atoms with van der Waals surface area (Å²) in [5.41, 5.74) is 32.5. The SMILES string of the molecule is c1ccc(-c2ccc(-n3c4ccccc4c4cc(-c5cccc6c5c5ncccc5n6-c5ccccc5)ccc43)cc2)cc1.c1ccc(-c2nc(-c3ccccc3)nc(-n3c4ccccc4c4cc(-c5cccc6c5c5ncccc5n6-c5ccccc5)ccc43)n2)cc1.c1ccc(-n2c3ccccc3c3cc(-c4ccnc5c4c4ccccc4n5-c4ccccc4)ccc32)cc1. The maximum atomic E-state index is 5.09. The van der Waals surface area contributed by atoms with Crippen LogP contribution < -0.4 is 0 Å². The smallest absolute Gasteiger partial charge is 0.238 e. The standard InChI is InChI=1S/C44H28N6.C41H27N3.C35H23N3/c1-4-14-29(15-5-1)42-46-43(30-16-6-2-7-17-30)48-44(47-42)50-36-22-11-10-20-34(36)35-28-31(25-26-37(35)50)33-21-12-23-38-40(33)41-39(24-13-27-45-41)49(38)32-18-8-3-9-19-32;1-3-11-28(12-4-1)29-20-23-32(24-21-29)43-36-17-8-7-15-34(36)35-27-30(22-25-37(35)43)33-16-9-18-38-40(33)41-39(19-10-26-42-41)44(38)31-13-5-2-6-14-31;1-3-11-25(12-4-1)37-31-17-9-7-15-28(31)30-23-24(19-20-33(30)37)27-21-22-36-35-34(27)29-16-8-10-18-32(29)38(35)26-13-5-2-6-14-26/h1-28H;1-27H;1-23H. The van der Waals surface area contributed by atoms with E-state index in [1.807, 2.05) is 91.4 Å². The summed E-state index contributed by atoms with van der Waals surface area (Å²) in [5.74, 6) is 1.84. The molecule has 0 aliphatic heterocycles. The second kappa shape index (κ2) is 32.1. The van der Waals surface area contributed by atoms with Crippen molar-refractivity contribution in [3.63, 3.8) is 0 Å². The lowest BCUT2D eigenvalue weighted by Gasteiger charge is -2.11. The zero-order valence-corrected chi connectivity index (χ0v) is 71.4. The van der Waals surface area contributed by atoms with Crippen molar-refractivity contribution < 1.29 is 0 Å². The van der Waals surface area contributed by atoms with Gasteiger partial charge in [-0.15, -0.1) is 0 Å². The van der Waals surface area contributed by atoms with Crippen LogP contribution in [0.2, 0.25) is 0 Å². The van der Waals surface area contributed by atoms with Gasteiger partial charge in [-0.1, -0.05) is 291 Å². The molecule has 10 heterocycles. The molecule has 27 rings (SSSR count). The first-order valence-electron chi connectivity index (χ1n) is 44.6. The van der Waals surface area contributed by atoms with Crippen LogP contribution in [0.1, 0.15) is 0 Å². The highest BCUT2D eigenvalue weighted by atomic mass is 15.2. The molecule has 0 bridgehead atoms. The average Bonchev–Trinajstić information content (AvgIpc) is 1.58. The molecule has 0 atom stereocenters. The number of hydrogen-bond donors (Lipinski definition) is 0. The molecule has 17 aromatic carbocycles. The van der Waals surface area contributed by atoms with E-state index < -0.39 is 0 Å². The highest BCUT2D eigenvalue weighted by Crippen LogP contribution is 2.46. The Hall–Kier alpha value is -18.0. The number of benzene rings is 17. The van der Waals surface area contributed by atoms with Crippen LogP contribution in [0, 0.1) is 0 Å². The van der Waals surface area contributed by atoms with Crippen LogP contribution in [0.4, 0.5) is 0 Å². The van der Waals surface area contributed by atoms with Gasteiger partial charge < -0.3 is 18.3 Å². The van der Waals surface area contributed by atoms with Gasteiger partial charge in [-0.2, -0.15) is 9.97 Å². The van der Waals surface area contributed by atoms with Gasteiger partial charge in [0.1, 0.15) is 5.65 Å². The monoisotopic (exact) mass is 1690 g/mol. The third-order valence-corrected chi connectivity index (χ3v) is 25.8. The lowest BCUT2D eigenvalue weighted by Crippen LogP contribution is -2.06. The maximum absolute atomic E-state index is 5.09. The summed E-state index contributed by atoms with van der Waals surface area (Å²) in [4.78, 5) is 29.8. The summed E-state index contributed by atoms with van der Waals surface area (Å²) < 4.78 is 13.8. The van der Waals surface area contributed by atoms with Crippen LogP contribution in [0.5, 0.6) is 0 Å². The third-order valence-electron chi connectivity index (χ3n) is 25.8. The second-order valence-electron chi connectivity index (χ2n) is 33.2. The Bertz CT molecular complexity index is 9060. The topological polar surface area (TPSA) is 107 Å². The molecule has 0 aliphatic carbocycles. The molecule has 0 unspecified atom stereocenters. The Kier molecular flexibility index (Phi) is 18.6. The van der Waals surface area contributed by atoms with Crippen molar-refractivity contribution in [3.8, 4) is 102 Å². The van der Waals surface area contributed by atoms with E-state index in [9.17, 15) is 0 Å². The molecule has 0 spiro atoms. The first-order valence-corrected chi connectivity index (χ1v) is 44.6. The number of fused-ring (bicyclic) bond motifs is 18. The first-order chi connectivity index (χ1) is 65.5. The minimum absolute atomic E-state index is 0.578. The molecule has 0 saturated heterocycles. The Balaban J connectivity index is 0.000000107. The van der Waals surface area contributed by atoms with E-state index in [0.717, 1.165) is 116 Å². The van der Waals surface area contributed by atoms with Crippen LogP contribution >= 0.6 is 0 Å². The number of nitrogens with zero attached hydrogens (tertiary/aromatic N) is 12. The van der Waals surface area contributed by atoms with Crippen molar-refractivity contribution in [2.45, 2.75) is 0 Å². The Morgan fingerprint density at radius 3 is 0.894 bits per heavy atom. The van der Waals surface area contributed by atoms with Crippen molar-refractivity contribution in [2.75, 3.05) is 0 Å². The Labute approximate surface area is 758 Å². The zero-order valence-electron chi connectivity index (χ0n) is 71.4. The second-order valence-corrected chi connectivity index (χ2v) is 33.2. The molecule has 10 aromatic heterocycles. The molecular formula is C120H78N12. The molecule has 0 fully saturated rings. The van der Waals surface area contributed by atoms with E-state index >= 15 is 0 Å². The summed E-state index contributed by atoms with van der Waals surface area (Å²) in [6, 6.07) is 160. The van der Waals surface area contributed by atoms with E-state index in [1.165, 1.54) is 98.8 Å². The van der Waals surface area contributed by atoms with Crippen molar-refractivity contribution in [1.82, 2.24) is 57.3 Å². The van der Waals surface area contributed by atoms with Gasteiger partial charge >= 0.3 is 0 Å². The van der Waals surface area contributed by atoms with E-state index in [4.69, 9.17) is 29.9 Å². The average molecular weight is 1690 g/mol. The fourth-order valence-corrected chi connectivity index (χ4v) is 20.0. The normalized spacial score (nSPS) is 11.6. The lowest BCUT2D eigenvalue weighted by atomic mass is 9.99. The van der Waals surface area contributed by atoms with Gasteiger partial charge in [0.25, 0.3) is 0 Å². The summed E-state index contributed by atoms with van der Waals surface area (Å²) in [5, 5.41) is 11.9. The van der Waals surface area contributed by atoms with E-state index in [1.54, 1.807) is 0 Å². The van der Waals surface area contributed by atoms with Gasteiger partial charge in [0.05, 0.1) is 71.7 Å². The van der Waals surface area contributed by atoms with Gasteiger partial charge in [0.15, 0.2) is 11.6 Å². The molecule has 0 saturated carbocycles. The summed E-state index contributed by atoms with van der Waals surface area (Å²) >= 11 is 0. The number of rotatable bonds is 12. The van der Waals surface area contributed by atoms with Crippen molar-refractivity contribution in [3.05, 3.63) is 474 Å². The minimum Gasteiger partial charge on any atom is -0.309 e. The number of aromatic nitrogens is 12. The molecule has 0 radical (unpaired) electrons. The number of pyridine rings is 3. The van der Waals surface area contributed by atoms with E-state index in [2.05, 4.69) is 410 Å². The van der Waals surface area contributed by atoms with Crippen LogP contribution in [0.3, 0.4) is 0 Å². The highest BCUT2D eigenvalue weighted by molar-refractivity contribution is 6.20. The molecule has 27 aromatic rings. The van der Waals surface area contributed by atoms with Crippen LogP contribution in [-0.4, -0.2) is 57.3 Å². The quantitative estimate of drug-likeness (QED) is 0.121. The summed E-state index contributed by atoms with van der Waals surface area (Å²) in [6.45, 7) is 0. The van der Waals surface area contributed by atoms with Crippen molar-refractivity contribution >= 4 is 131 Å². The zero-order chi connectivity index (χ0) is 87.1. The molecule has 0 amide bonds. The third kappa shape index (κ3) is 12.9. The molecular weight excluding hydrogens is 1610 g/mol. The molecule has 0 aliphatic rings. The van der Waals surface area contributed by atoms with Gasteiger partial charge in [0, 0.05) is 112 Å². The van der Waals surface area contributed by atoms with Gasteiger partial charge in [-0.3, -0.25) is 19.1 Å². The van der Waals surface area contributed by atoms with Gasteiger partial charge in [0.2, 0.25) is 5.95 Å². The molecule has 12 nitrogen and oxygen atoms in total. The van der Waals surface area contributed by atoms with E-state index in [0.29, 0.717) is 17.6 Å². The van der Waals surface area contributed by atoms with Crippen LogP contribution in [0.25, 0.3) is 233 Å². The highest BCUT2D eigenvalue weighted by Gasteiger charge is 2.26. The Morgan fingerprint density at radius 1 is 0.159 bits per heavy atom. The first kappa shape index (κ1) is 76.4. The summed E-state index contributed by atoms with van der Waals surface area (Å²) in [6.07, 6.45) is 5.72. The fourth-order valence-electron chi connectivity index (χ4n) is 20.0. The molecule has 618 valence electrons. The fraction of sp³-hybridized carbons (Fsp3) is 0. The molecule has 0 N–H and O–H groups in total.